The molecule has 27 heteroatoms. The van der Waals surface area contributed by atoms with Crippen molar-refractivity contribution < 1.29 is 0 Å². The molecule has 9 aromatic heterocycles. The van der Waals surface area contributed by atoms with Crippen molar-refractivity contribution in [2.24, 2.45) is 36.1 Å². The van der Waals surface area contributed by atoms with Gasteiger partial charge in [-0.1, -0.05) is 164 Å². The summed E-state index contributed by atoms with van der Waals surface area (Å²) in [6, 6.07) is 92.4. The molecule has 27 nitrogen and oxygen atoms in total. The molecular formula is C108H85N21O6. The first-order chi connectivity index (χ1) is 66.0. The molecule has 135 heavy (non-hydrogen) atoms. The Morgan fingerprint density at radius 3 is 0.859 bits per heavy atom. The second-order valence-corrected chi connectivity index (χ2v) is 32.2. The number of rotatable bonds is 14. The zero-order valence-corrected chi connectivity index (χ0v) is 73.4. The maximum atomic E-state index is 12.1. The van der Waals surface area contributed by atoms with Crippen LogP contribution < -0.4 is 33.4 Å². The summed E-state index contributed by atoms with van der Waals surface area (Å²) in [6.07, 6.45) is 20.1. The van der Waals surface area contributed by atoms with Crippen molar-refractivity contribution in [3.05, 3.63) is 435 Å². The quantitative estimate of drug-likeness (QED) is 0.0589. The molecule has 0 spiro atoms. The van der Waals surface area contributed by atoms with Crippen molar-refractivity contribution in [2.75, 3.05) is 0 Å². The summed E-state index contributed by atoms with van der Waals surface area (Å²) in [7, 11) is 5.94. The molecule has 12 aromatic carbocycles. The Hall–Kier alpha value is -18.1. The van der Waals surface area contributed by atoms with E-state index in [1.54, 1.807) is 60.7 Å². The molecule has 21 aromatic rings. The number of nitrogens with zero attached hydrogens (tertiary/aromatic N) is 15. The highest BCUT2D eigenvalue weighted by Gasteiger charge is 2.19. The molecule has 0 atom stereocenters. The zero-order chi connectivity index (χ0) is 92.3. The first-order valence-corrected chi connectivity index (χ1v) is 43.9. The van der Waals surface area contributed by atoms with Gasteiger partial charge in [-0.2, -0.15) is 0 Å². The molecule has 12 heterocycles. The van der Waals surface area contributed by atoms with E-state index in [4.69, 9.17) is 0 Å². The normalized spacial score (nSPS) is 12.5. The van der Waals surface area contributed by atoms with Gasteiger partial charge in [-0.25, -0.2) is 44.9 Å². The lowest BCUT2D eigenvalue weighted by molar-refractivity contribution is 0.760. The molecule has 0 unspecified atom stereocenters. The van der Waals surface area contributed by atoms with Gasteiger partial charge >= 0.3 is 0 Å². The number of para-hydroxylation sites is 15. The van der Waals surface area contributed by atoms with Crippen LogP contribution in [0.4, 0.5) is 17.1 Å². The lowest BCUT2D eigenvalue weighted by Crippen LogP contribution is -2.13. The highest BCUT2D eigenvalue weighted by atomic mass is 16.1. The highest BCUT2D eigenvalue weighted by molar-refractivity contribution is 6.05. The number of H-pyrrole nitrogens is 6. The van der Waals surface area contributed by atoms with Gasteiger partial charge in [0.2, 0.25) is 0 Å². The van der Waals surface area contributed by atoms with Gasteiger partial charge in [-0.05, 0) is 199 Å². The third kappa shape index (κ3) is 19.7. The average Bonchev–Trinajstić information content (AvgIpc) is 1.77. The number of nitrogens with one attached hydrogen (secondary N) is 6. The predicted octanol–water partition coefficient (Wildman–Crippen LogP) is 18.3. The van der Waals surface area contributed by atoms with Gasteiger partial charge in [-0.3, -0.25) is 43.7 Å². The van der Waals surface area contributed by atoms with Crippen LogP contribution in [0, 0.1) is 0 Å². The van der Waals surface area contributed by atoms with Gasteiger partial charge in [0.25, 0.3) is 33.4 Å². The first-order valence-electron chi connectivity index (χ1n) is 43.9. The Labute approximate surface area is 768 Å². The van der Waals surface area contributed by atoms with Crippen LogP contribution in [0.1, 0.15) is 75.5 Å². The molecule has 3 aliphatic heterocycles. The summed E-state index contributed by atoms with van der Waals surface area (Å²) in [5.41, 5.74) is 19.6. The predicted molar refractivity (Wildman–Crippen MR) is 540 cm³/mol. The van der Waals surface area contributed by atoms with Crippen molar-refractivity contribution in [3.63, 3.8) is 0 Å². The van der Waals surface area contributed by atoms with Crippen molar-refractivity contribution in [2.45, 2.75) is 44.9 Å². The number of benzene rings is 12. The summed E-state index contributed by atoms with van der Waals surface area (Å²) in [4.78, 5) is 144. The minimum atomic E-state index is -0.139. The fourth-order valence-electron chi connectivity index (χ4n) is 16.3. The Bertz CT molecular complexity index is 8450. The number of aromatic amines is 6. The van der Waals surface area contributed by atoms with Gasteiger partial charge in [-0.15, -0.1) is 0 Å². The minimum absolute atomic E-state index is 0.0720. The van der Waals surface area contributed by atoms with Crippen molar-refractivity contribution in [1.82, 2.24) is 88.5 Å². The van der Waals surface area contributed by atoms with Crippen LogP contribution in [0.2, 0.25) is 0 Å². The van der Waals surface area contributed by atoms with E-state index in [1.165, 1.54) is 16.7 Å². The summed E-state index contributed by atoms with van der Waals surface area (Å²) in [5.74, 6) is 6.14. The Morgan fingerprint density at radius 1 is 0.244 bits per heavy atom. The largest absolute Gasteiger partial charge is 0.331 e. The average molecular weight is 1770 g/mol. The van der Waals surface area contributed by atoms with Crippen molar-refractivity contribution in [1.29, 1.82) is 0 Å². The van der Waals surface area contributed by atoms with Crippen LogP contribution in [-0.4, -0.2) is 106 Å². The maximum Gasteiger partial charge on any atom is 0.259 e. The molecule has 0 amide bonds. The summed E-state index contributed by atoms with van der Waals surface area (Å²) in [5, 5.41) is 3.64. The van der Waals surface area contributed by atoms with Crippen LogP contribution in [0.15, 0.2) is 347 Å². The summed E-state index contributed by atoms with van der Waals surface area (Å²) < 4.78 is 6.10. The number of aromatic nitrogens is 18. The van der Waals surface area contributed by atoms with Crippen molar-refractivity contribution in [3.8, 4) is 0 Å². The second-order valence-electron chi connectivity index (χ2n) is 32.2. The smallest absolute Gasteiger partial charge is 0.259 e. The second kappa shape index (κ2) is 39.0. The Morgan fingerprint density at radius 2 is 0.519 bits per heavy atom. The van der Waals surface area contributed by atoms with E-state index >= 15 is 0 Å². The standard InChI is InChI=1S/C18H16N4O.2C18H14N4O.C18H15N3O.2C18H13N3O/c3*1-22-15-9-5-4-8-14(15)20-17(22)11-10-16-19-13-7-3-2-6-12(13)18(23)21-16;3*22-18-14-6-2-4-8-16(14)20-17(21-18)10-9-13-11-12-5-1-3-7-15(12)19-13/h2-9H,10-11H2,1H3,(H,19,21,23);2*2-11H,1H3,(H,19,21,23);1-8H,9-11H2,(H,20,21,22);2*1-10H,11H2,(H,20,21,22)/b;11-10+;;;10-9+;. The highest BCUT2D eigenvalue weighted by Crippen LogP contribution is 2.31. The Kier molecular flexibility index (Phi) is 24.9. The molecule has 0 radical (unpaired) electrons. The van der Waals surface area contributed by atoms with E-state index in [2.05, 4.69) is 119 Å². The fraction of sp³-hybridized carbons (Fsp3) is 0.0926. The molecule has 0 bridgehead atoms. The van der Waals surface area contributed by atoms with Gasteiger partial charge < -0.3 is 43.6 Å². The van der Waals surface area contributed by atoms with E-state index in [1.807, 2.05) is 285 Å². The topological polar surface area (TPSA) is 365 Å². The molecule has 24 rings (SSSR count). The number of fused-ring (bicyclic) bond motifs is 12. The number of hydrogen-bond donors (Lipinski definition) is 6. The SMILES string of the molecule is Cn1c(/C=C/c2nc3ccccc3c(=O)[nH]2)nc2ccccc21.Cn1c(C=Cc2nc3ccccc3c(=O)[nH]2)nc2ccccc21.Cn1c(CCc2nc3ccccc3c(=O)[nH]2)nc2ccccc21.O=c1[nH]c(/C=C/C2=Nc3ccccc3C2)nc2ccccc12.O=c1[nH]c(C=CC2=Nc3ccccc3C2)nc2ccccc12.O=c1[nH]c(CCC2=Nc3ccccc3C2)nc2ccccc12. The summed E-state index contributed by atoms with van der Waals surface area (Å²) >= 11 is 0. The number of hydrogen-bond acceptors (Lipinski definition) is 18. The third-order valence-electron chi connectivity index (χ3n) is 23.2. The van der Waals surface area contributed by atoms with Crippen molar-refractivity contribution >= 4 is 169 Å². The molecule has 0 saturated heterocycles. The molecule has 658 valence electrons. The van der Waals surface area contributed by atoms with Gasteiger partial charge in [0, 0.05) is 76.8 Å². The lowest BCUT2D eigenvalue weighted by atomic mass is 10.1. The van der Waals surface area contributed by atoms with Crippen LogP contribution >= 0.6 is 0 Å². The van der Waals surface area contributed by atoms with Crippen LogP contribution in [-0.2, 0) is 59.7 Å². The van der Waals surface area contributed by atoms with Gasteiger partial charge in [0.1, 0.15) is 52.4 Å². The third-order valence-corrected chi connectivity index (χ3v) is 23.2. The molecule has 0 fully saturated rings. The molecule has 3 aliphatic rings. The number of aryl methyl sites for hydroxylation is 6. The number of allylic oxidation sites excluding steroid dienone is 2. The lowest BCUT2D eigenvalue weighted by Gasteiger charge is -2.04. The van der Waals surface area contributed by atoms with E-state index in [-0.39, 0.29) is 33.4 Å². The molecule has 0 saturated carbocycles. The van der Waals surface area contributed by atoms with E-state index in [0.717, 1.165) is 134 Å². The van der Waals surface area contributed by atoms with Crippen LogP contribution in [0.5, 0.6) is 0 Å². The maximum absolute atomic E-state index is 12.1. The molecular weight excluding hydrogens is 1690 g/mol. The number of aliphatic imine (C=N–C) groups is 3. The fourth-order valence-corrected chi connectivity index (χ4v) is 16.3. The minimum Gasteiger partial charge on any atom is -0.331 e. The first kappa shape index (κ1) is 86.3. The van der Waals surface area contributed by atoms with E-state index < -0.39 is 0 Å². The van der Waals surface area contributed by atoms with Crippen LogP contribution in [0.25, 0.3) is 135 Å². The van der Waals surface area contributed by atoms with E-state index in [0.29, 0.717) is 96.3 Å². The van der Waals surface area contributed by atoms with Gasteiger partial charge in [0.05, 0.1) is 116 Å². The molecule has 0 aliphatic carbocycles. The van der Waals surface area contributed by atoms with E-state index in [9.17, 15) is 28.8 Å². The van der Waals surface area contributed by atoms with Crippen LogP contribution in [0.3, 0.4) is 0 Å². The van der Waals surface area contributed by atoms with Gasteiger partial charge in [0.15, 0.2) is 0 Å². The number of imidazole rings is 3. The zero-order valence-electron chi connectivity index (χ0n) is 73.4. The summed E-state index contributed by atoms with van der Waals surface area (Å²) in [6.45, 7) is 0. The molecule has 6 N–H and O–H groups in total. The Balaban J connectivity index is 0.000000104. The monoisotopic (exact) mass is 1770 g/mol.